The van der Waals surface area contributed by atoms with Crippen molar-refractivity contribution in [1.29, 1.82) is 0 Å². The zero-order chi connectivity index (χ0) is 12.7. The van der Waals surface area contributed by atoms with Gasteiger partial charge in [-0.25, -0.2) is 4.98 Å². The Balaban J connectivity index is 2.36. The minimum Gasteiger partial charge on any atom is -0.391 e. The predicted molar refractivity (Wildman–Crippen MR) is 67.1 cm³/mol. The number of nitrogens with zero attached hydrogens (tertiary/aromatic N) is 2. The van der Waals surface area contributed by atoms with Gasteiger partial charge in [0.15, 0.2) is 5.82 Å². The van der Waals surface area contributed by atoms with Crippen molar-refractivity contribution in [2.24, 2.45) is 0 Å². The van der Waals surface area contributed by atoms with E-state index in [1.54, 1.807) is 7.11 Å². The van der Waals surface area contributed by atoms with Crippen LogP contribution >= 0.6 is 0 Å². The van der Waals surface area contributed by atoms with E-state index in [2.05, 4.69) is 20.2 Å². The lowest BCUT2D eigenvalue weighted by molar-refractivity contribution is 0.163. The summed E-state index contributed by atoms with van der Waals surface area (Å²) in [6, 6.07) is 0. The lowest BCUT2D eigenvalue weighted by Gasteiger charge is -2.16. The van der Waals surface area contributed by atoms with Gasteiger partial charge >= 0.3 is 0 Å². The molecule has 0 aromatic carbocycles. The fourth-order valence-corrected chi connectivity index (χ4v) is 1.28. The second kappa shape index (κ2) is 6.87. The van der Waals surface area contributed by atoms with Gasteiger partial charge < -0.3 is 25.7 Å². The highest BCUT2D eigenvalue weighted by Gasteiger charge is 2.03. The van der Waals surface area contributed by atoms with Crippen LogP contribution in [-0.2, 0) is 4.74 Å². The average Bonchev–Trinajstić information content (AvgIpc) is 2.32. The Hall–Kier alpha value is -1.60. The lowest BCUT2D eigenvalue weighted by atomic mass is 10.4. The molecule has 0 unspecified atom stereocenters. The number of ether oxygens (including phenoxy) is 1. The fraction of sp³-hybridized carbons (Fsp3) is 0.600. The molecule has 0 amide bonds. The number of nitrogen functional groups attached to an aromatic ring is 1. The van der Waals surface area contributed by atoms with Crippen molar-refractivity contribution < 1.29 is 4.74 Å². The molecule has 1 aromatic heterocycles. The van der Waals surface area contributed by atoms with E-state index in [0.717, 1.165) is 13.1 Å². The molecule has 0 aliphatic rings. The first-order chi connectivity index (χ1) is 8.15. The number of hydrogen-bond donors (Lipinski definition) is 3. The fourth-order valence-electron chi connectivity index (χ4n) is 1.28. The lowest BCUT2D eigenvalue weighted by Crippen LogP contribution is -2.29. The summed E-state index contributed by atoms with van der Waals surface area (Å²) >= 11 is 0. The van der Waals surface area contributed by atoms with Crippen molar-refractivity contribution in [3.05, 3.63) is 16.7 Å². The number of hydrogen-bond acceptors (Lipinski definition) is 6. The van der Waals surface area contributed by atoms with Crippen molar-refractivity contribution in [2.75, 3.05) is 51.4 Å². The van der Waals surface area contributed by atoms with Crippen LogP contribution in [0.3, 0.4) is 0 Å². The number of nitrogens with two attached hydrogens (primary N) is 1. The minimum absolute atomic E-state index is 0.118. The molecule has 7 nitrogen and oxygen atoms in total. The Labute approximate surface area is 100.0 Å². The Morgan fingerprint density at radius 3 is 3.06 bits per heavy atom. The van der Waals surface area contributed by atoms with Crippen LogP contribution in [0.2, 0.25) is 0 Å². The smallest absolute Gasteiger partial charge is 0.276 e. The molecule has 0 radical (unpaired) electrons. The van der Waals surface area contributed by atoms with Crippen LogP contribution in [-0.4, -0.2) is 55.3 Å². The third-order valence-electron chi connectivity index (χ3n) is 2.35. The molecule has 0 fully saturated rings. The summed E-state index contributed by atoms with van der Waals surface area (Å²) in [6.45, 7) is 3.04. The molecule has 0 spiro atoms. The molecule has 1 aromatic rings. The van der Waals surface area contributed by atoms with Gasteiger partial charge in [0, 0.05) is 26.7 Å². The van der Waals surface area contributed by atoms with Gasteiger partial charge in [0.25, 0.3) is 5.56 Å². The Bertz CT molecular complexity index is 393. The first kappa shape index (κ1) is 13.5. The van der Waals surface area contributed by atoms with Crippen molar-refractivity contribution in [3.63, 3.8) is 0 Å². The molecule has 0 saturated heterocycles. The molecule has 0 aliphatic carbocycles. The molecular formula is C10H19N5O2. The summed E-state index contributed by atoms with van der Waals surface area (Å²) in [7, 11) is 3.67. The van der Waals surface area contributed by atoms with E-state index in [0.29, 0.717) is 19.0 Å². The van der Waals surface area contributed by atoms with Crippen molar-refractivity contribution in [2.45, 2.75) is 0 Å². The number of anilines is 2. The topological polar surface area (TPSA) is 96.3 Å². The summed E-state index contributed by atoms with van der Waals surface area (Å²) < 4.78 is 4.97. The maximum absolute atomic E-state index is 11.2. The van der Waals surface area contributed by atoms with E-state index >= 15 is 0 Å². The number of methoxy groups -OCH3 is 1. The zero-order valence-electron chi connectivity index (χ0n) is 10.2. The van der Waals surface area contributed by atoms with Crippen LogP contribution in [0.4, 0.5) is 11.5 Å². The summed E-state index contributed by atoms with van der Waals surface area (Å²) in [5.74, 6) is 0.425. The maximum atomic E-state index is 11.2. The predicted octanol–water partition coefficient (Wildman–Crippen LogP) is -0.658. The second-order valence-corrected chi connectivity index (χ2v) is 3.72. The SMILES string of the molecule is COCCN(C)CCNc1nc[nH]c(=O)c1N. The van der Waals surface area contributed by atoms with Gasteiger partial charge in [-0.2, -0.15) is 0 Å². The Morgan fingerprint density at radius 2 is 2.35 bits per heavy atom. The number of H-pyrrole nitrogens is 1. The number of nitrogens with one attached hydrogen (secondary N) is 2. The van der Waals surface area contributed by atoms with E-state index in [9.17, 15) is 4.79 Å². The molecule has 96 valence electrons. The van der Waals surface area contributed by atoms with Crippen LogP contribution in [0.15, 0.2) is 11.1 Å². The highest BCUT2D eigenvalue weighted by Crippen LogP contribution is 2.05. The van der Waals surface area contributed by atoms with E-state index in [4.69, 9.17) is 10.5 Å². The normalized spacial score (nSPS) is 10.8. The second-order valence-electron chi connectivity index (χ2n) is 3.72. The van der Waals surface area contributed by atoms with Gasteiger partial charge in [0.1, 0.15) is 5.69 Å². The molecule has 0 saturated carbocycles. The van der Waals surface area contributed by atoms with E-state index in [-0.39, 0.29) is 11.2 Å². The summed E-state index contributed by atoms with van der Waals surface area (Å²) in [6.07, 6.45) is 1.33. The van der Waals surface area contributed by atoms with Gasteiger partial charge in [-0.3, -0.25) is 4.79 Å². The monoisotopic (exact) mass is 241 g/mol. The third kappa shape index (κ3) is 4.41. The molecule has 17 heavy (non-hydrogen) atoms. The van der Waals surface area contributed by atoms with Crippen molar-refractivity contribution >= 4 is 11.5 Å². The zero-order valence-corrected chi connectivity index (χ0v) is 10.2. The summed E-state index contributed by atoms with van der Waals surface area (Å²) in [4.78, 5) is 19.7. The third-order valence-corrected chi connectivity index (χ3v) is 2.35. The van der Waals surface area contributed by atoms with Gasteiger partial charge in [-0.15, -0.1) is 0 Å². The Kier molecular flexibility index (Phi) is 5.44. The molecule has 7 heteroatoms. The van der Waals surface area contributed by atoms with Crippen LogP contribution in [0, 0.1) is 0 Å². The Morgan fingerprint density at radius 1 is 1.59 bits per heavy atom. The quantitative estimate of drug-likeness (QED) is 0.586. The molecular weight excluding hydrogens is 222 g/mol. The van der Waals surface area contributed by atoms with Crippen LogP contribution in [0.5, 0.6) is 0 Å². The minimum atomic E-state index is -0.324. The van der Waals surface area contributed by atoms with Gasteiger partial charge in [0.2, 0.25) is 0 Å². The number of aromatic nitrogens is 2. The maximum Gasteiger partial charge on any atom is 0.276 e. The van der Waals surface area contributed by atoms with E-state index < -0.39 is 0 Å². The summed E-state index contributed by atoms with van der Waals surface area (Å²) in [5, 5.41) is 3.02. The van der Waals surface area contributed by atoms with Crippen molar-refractivity contribution in [1.82, 2.24) is 14.9 Å². The first-order valence-electron chi connectivity index (χ1n) is 5.39. The van der Waals surface area contributed by atoms with Gasteiger partial charge in [-0.05, 0) is 7.05 Å². The molecule has 0 bridgehead atoms. The first-order valence-corrected chi connectivity index (χ1v) is 5.39. The van der Waals surface area contributed by atoms with Crippen LogP contribution in [0.25, 0.3) is 0 Å². The molecule has 1 rings (SSSR count). The van der Waals surface area contributed by atoms with E-state index in [1.165, 1.54) is 6.33 Å². The van der Waals surface area contributed by atoms with Gasteiger partial charge in [-0.1, -0.05) is 0 Å². The number of aromatic amines is 1. The van der Waals surface area contributed by atoms with Crippen LogP contribution < -0.4 is 16.6 Å². The van der Waals surface area contributed by atoms with E-state index in [1.807, 2.05) is 7.05 Å². The standard InChI is InChI=1S/C10H19N5O2/c1-15(5-6-17-2)4-3-12-9-8(11)10(16)14-7-13-9/h7H,3-6,11H2,1-2H3,(H2,12,13,14,16). The number of likely N-dealkylation sites (N-methyl/N-ethyl adjacent to an activating group) is 1. The van der Waals surface area contributed by atoms with Crippen LogP contribution in [0.1, 0.15) is 0 Å². The average molecular weight is 241 g/mol. The highest BCUT2D eigenvalue weighted by atomic mass is 16.5. The molecule has 0 aliphatic heterocycles. The molecule has 0 atom stereocenters. The largest absolute Gasteiger partial charge is 0.391 e. The van der Waals surface area contributed by atoms with Gasteiger partial charge in [0.05, 0.1) is 12.9 Å². The summed E-state index contributed by atoms with van der Waals surface area (Å²) in [5.41, 5.74) is 5.37. The van der Waals surface area contributed by atoms with Crippen molar-refractivity contribution in [3.8, 4) is 0 Å². The number of rotatable bonds is 7. The molecule has 4 N–H and O–H groups in total. The molecule has 1 heterocycles. The highest BCUT2D eigenvalue weighted by molar-refractivity contribution is 5.58.